The van der Waals surface area contributed by atoms with Gasteiger partial charge in [0.1, 0.15) is 0 Å². The fourth-order valence-corrected chi connectivity index (χ4v) is 3.96. The maximum Gasteiger partial charge on any atom is 0.260 e. The molecular formula is C23H28N4O3. The monoisotopic (exact) mass is 408 g/mol. The van der Waals surface area contributed by atoms with Crippen LogP contribution in [0, 0.1) is 13.8 Å². The van der Waals surface area contributed by atoms with E-state index in [4.69, 9.17) is 9.47 Å². The third kappa shape index (κ3) is 4.46. The highest BCUT2D eigenvalue weighted by Gasteiger charge is 2.24. The molecule has 7 nitrogen and oxygen atoms in total. The minimum absolute atomic E-state index is 0.0705. The van der Waals surface area contributed by atoms with E-state index >= 15 is 0 Å². The van der Waals surface area contributed by atoms with Crippen molar-refractivity contribution < 1.29 is 14.3 Å². The van der Waals surface area contributed by atoms with Crippen molar-refractivity contribution in [1.82, 2.24) is 19.7 Å². The van der Waals surface area contributed by atoms with Gasteiger partial charge in [-0.25, -0.2) is 9.67 Å². The minimum Gasteiger partial charge on any atom is -0.466 e. The number of ether oxygens (including phenoxy) is 2. The van der Waals surface area contributed by atoms with E-state index in [1.165, 1.54) is 0 Å². The SMILES string of the molecule is Cc1cc(C)c2c(OCC(=O)N(Cc3ccccc3)CC3CCCO3)nn(C)c2n1. The van der Waals surface area contributed by atoms with Crippen LogP contribution in [0.3, 0.4) is 0 Å². The average Bonchev–Trinajstić information content (AvgIpc) is 3.34. The maximum absolute atomic E-state index is 13.1. The summed E-state index contributed by atoms with van der Waals surface area (Å²) in [6, 6.07) is 12.0. The fraction of sp³-hybridized carbons (Fsp3) is 0.435. The lowest BCUT2D eigenvalue weighted by molar-refractivity contribution is -0.135. The van der Waals surface area contributed by atoms with Crippen molar-refractivity contribution >= 4 is 16.9 Å². The summed E-state index contributed by atoms with van der Waals surface area (Å²) in [5.41, 5.74) is 3.81. The van der Waals surface area contributed by atoms with E-state index in [-0.39, 0.29) is 18.6 Å². The van der Waals surface area contributed by atoms with Gasteiger partial charge in [0.2, 0.25) is 5.88 Å². The van der Waals surface area contributed by atoms with Crippen molar-refractivity contribution in [3.8, 4) is 5.88 Å². The van der Waals surface area contributed by atoms with Crippen molar-refractivity contribution in [1.29, 1.82) is 0 Å². The second kappa shape index (κ2) is 8.83. The summed E-state index contributed by atoms with van der Waals surface area (Å²) < 4.78 is 13.4. The van der Waals surface area contributed by atoms with E-state index in [0.29, 0.717) is 19.0 Å². The number of benzene rings is 1. The zero-order valence-corrected chi connectivity index (χ0v) is 17.8. The van der Waals surface area contributed by atoms with E-state index in [0.717, 1.165) is 47.3 Å². The van der Waals surface area contributed by atoms with E-state index in [1.54, 1.807) is 4.68 Å². The molecule has 0 aliphatic carbocycles. The van der Waals surface area contributed by atoms with Crippen LogP contribution < -0.4 is 4.74 Å². The zero-order chi connectivity index (χ0) is 21.1. The summed E-state index contributed by atoms with van der Waals surface area (Å²) in [6.45, 7) is 5.76. The molecule has 1 unspecified atom stereocenters. The van der Waals surface area contributed by atoms with Gasteiger partial charge in [-0.15, -0.1) is 5.10 Å². The van der Waals surface area contributed by atoms with E-state index < -0.39 is 0 Å². The molecule has 1 atom stereocenters. The average molecular weight is 409 g/mol. The number of amides is 1. The third-order valence-electron chi connectivity index (χ3n) is 5.44. The van der Waals surface area contributed by atoms with Gasteiger partial charge in [0, 0.05) is 32.4 Å². The predicted molar refractivity (Wildman–Crippen MR) is 114 cm³/mol. The number of carbonyl (C=O) groups excluding carboxylic acids is 1. The summed E-state index contributed by atoms with van der Waals surface area (Å²) in [4.78, 5) is 19.5. The quantitative estimate of drug-likeness (QED) is 0.601. The Morgan fingerprint density at radius 2 is 2.10 bits per heavy atom. The summed E-state index contributed by atoms with van der Waals surface area (Å²) in [7, 11) is 1.84. The van der Waals surface area contributed by atoms with Crippen LogP contribution in [-0.2, 0) is 23.1 Å². The number of fused-ring (bicyclic) bond motifs is 1. The van der Waals surface area contributed by atoms with Gasteiger partial charge in [-0.3, -0.25) is 4.79 Å². The Balaban J connectivity index is 1.50. The molecule has 1 saturated heterocycles. The molecule has 3 aromatic rings. The van der Waals surface area contributed by atoms with Crippen LogP contribution in [0.15, 0.2) is 36.4 Å². The summed E-state index contributed by atoms with van der Waals surface area (Å²) in [6.07, 6.45) is 2.11. The molecule has 1 aliphatic heterocycles. The van der Waals surface area contributed by atoms with Crippen LogP contribution in [0.25, 0.3) is 11.0 Å². The van der Waals surface area contributed by atoms with Gasteiger partial charge in [0.15, 0.2) is 12.3 Å². The number of aromatic nitrogens is 3. The lowest BCUT2D eigenvalue weighted by atomic mass is 10.2. The van der Waals surface area contributed by atoms with Crippen molar-refractivity contribution in [3.63, 3.8) is 0 Å². The number of hydrogen-bond acceptors (Lipinski definition) is 5. The first-order valence-electron chi connectivity index (χ1n) is 10.4. The Kier molecular flexibility index (Phi) is 5.99. The standard InChI is InChI=1S/C23H28N4O3/c1-16-12-17(2)24-22-21(16)23(25-26(22)3)30-15-20(28)27(14-19-10-7-11-29-19)13-18-8-5-4-6-9-18/h4-6,8-9,12,19H,7,10-11,13-15H2,1-3H3. The number of carbonyl (C=O) groups is 1. The van der Waals surface area contributed by atoms with Gasteiger partial charge in [-0.05, 0) is 43.9 Å². The second-order valence-electron chi connectivity index (χ2n) is 7.89. The molecule has 1 aliphatic rings. The predicted octanol–water partition coefficient (Wildman–Crippen LogP) is 3.17. The van der Waals surface area contributed by atoms with Crippen LogP contribution in [0.4, 0.5) is 0 Å². The van der Waals surface area contributed by atoms with Crippen LogP contribution in [0.2, 0.25) is 0 Å². The van der Waals surface area contributed by atoms with E-state index in [2.05, 4.69) is 10.1 Å². The molecule has 2 aromatic heterocycles. The largest absolute Gasteiger partial charge is 0.466 e. The molecule has 1 amide bonds. The smallest absolute Gasteiger partial charge is 0.260 e. The normalized spacial score (nSPS) is 16.2. The number of aryl methyl sites for hydroxylation is 3. The first kappa shape index (κ1) is 20.3. The molecule has 1 fully saturated rings. The molecule has 0 bridgehead atoms. The first-order chi connectivity index (χ1) is 14.5. The van der Waals surface area contributed by atoms with E-state index in [9.17, 15) is 4.79 Å². The minimum atomic E-state index is -0.0779. The van der Waals surface area contributed by atoms with Crippen molar-refractivity contribution in [2.24, 2.45) is 7.05 Å². The highest BCUT2D eigenvalue weighted by Crippen LogP contribution is 2.27. The molecular weight excluding hydrogens is 380 g/mol. The Bertz CT molecular complexity index is 1030. The van der Waals surface area contributed by atoms with Crippen molar-refractivity contribution in [2.45, 2.75) is 39.3 Å². The Morgan fingerprint density at radius 1 is 1.30 bits per heavy atom. The maximum atomic E-state index is 13.1. The topological polar surface area (TPSA) is 69.5 Å². The molecule has 0 spiro atoms. The van der Waals surface area contributed by atoms with Gasteiger partial charge < -0.3 is 14.4 Å². The number of pyridine rings is 1. The molecule has 0 N–H and O–H groups in total. The molecule has 0 saturated carbocycles. The number of hydrogen-bond donors (Lipinski definition) is 0. The highest BCUT2D eigenvalue weighted by molar-refractivity contribution is 5.85. The fourth-order valence-electron chi connectivity index (χ4n) is 3.96. The number of rotatable bonds is 7. The third-order valence-corrected chi connectivity index (χ3v) is 5.44. The van der Waals surface area contributed by atoms with Gasteiger partial charge in [0.05, 0.1) is 11.5 Å². The Labute approximate surface area is 176 Å². The molecule has 30 heavy (non-hydrogen) atoms. The van der Waals surface area contributed by atoms with Gasteiger partial charge in [-0.2, -0.15) is 0 Å². The first-order valence-corrected chi connectivity index (χ1v) is 10.4. The second-order valence-corrected chi connectivity index (χ2v) is 7.89. The van der Waals surface area contributed by atoms with Gasteiger partial charge >= 0.3 is 0 Å². The molecule has 4 rings (SSSR count). The van der Waals surface area contributed by atoms with Crippen LogP contribution in [-0.4, -0.2) is 51.4 Å². The molecule has 1 aromatic carbocycles. The molecule has 0 radical (unpaired) electrons. The Morgan fingerprint density at radius 3 is 2.83 bits per heavy atom. The number of nitrogens with zero attached hydrogens (tertiary/aromatic N) is 4. The summed E-state index contributed by atoms with van der Waals surface area (Å²) >= 11 is 0. The van der Waals surface area contributed by atoms with Crippen LogP contribution >= 0.6 is 0 Å². The molecule has 158 valence electrons. The van der Waals surface area contributed by atoms with Gasteiger partial charge in [-0.1, -0.05) is 30.3 Å². The van der Waals surface area contributed by atoms with Crippen molar-refractivity contribution in [2.75, 3.05) is 19.8 Å². The zero-order valence-electron chi connectivity index (χ0n) is 17.8. The summed E-state index contributed by atoms with van der Waals surface area (Å²) in [5, 5.41) is 5.30. The van der Waals surface area contributed by atoms with Crippen LogP contribution in [0.1, 0.15) is 29.7 Å². The molecule has 7 heteroatoms. The highest BCUT2D eigenvalue weighted by atomic mass is 16.5. The lowest BCUT2D eigenvalue weighted by Gasteiger charge is -2.25. The van der Waals surface area contributed by atoms with Crippen molar-refractivity contribution in [3.05, 3.63) is 53.2 Å². The van der Waals surface area contributed by atoms with Gasteiger partial charge in [0.25, 0.3) is 5.91 Å². The van der Waals surface area contributed by atoms with E-state index in [1.807, 2.05) is 62.2 Å². The lowest BCUT2D eigenvalue weighted by Crippen LogP contribution is -2.39. The summed E-state index contributed by atoms with van der Waals surface area (Å²) in [5.74, 6) is 0.369. The molecule has 3 heterocycles. The Hall–Kier alpha value is -2.93. The van der Waals surface area contributed by atoms with Crippen LogP contribution in [0.5, 0.6) is 5.88 Å².